The highest BCUT2D eigenvalue weighted by Crippen LogP contribution is 2.31. The van der Waals surface area contributed by atoms with Crippen molar-refractivity contribution >= 4 is 15.9 Å². The number of hydrogen-bond acceptors (Lipinski definition) is 3. The molecule has 1 atom stereocenters. The Hall–Kier alpha value is -0.580. The molecule has 2 rings (SSSR count). The molecule has 0 bridgehead atoms. The first-order valence-corrected chi connectivity index (χ1v) is 7.04. The summed E-state index contributed by atoms with van der Waals surface area (Å²) >= 11 is 3.39. The lowest BCUT2D eigenvalue weighted by molar-refractivity contribution is -0.182. The van der Waals surface area contributed by atoms with E-state index in [0.717, 1.165) is 29.9 Å². The maximum atomic E-state index is 5.76. The van der Waals surface area contributed by atoms with Crippen LogP contribution in [0.3, 0.4) is 0 Å². The van der Waals surface area contributed by atoms with E-state index in [1.807, 2.05) is 31.2 Å². The first kappa shape index (κ1) is 13.8. The van der Waals surface area contributed by atoms with Crippen molar-refractivity contribution in [1.82, 2.24) is 0 Å². The van der Waals surface area contributed by atoms with Gasteiger partial charge in [0, 0.05) is 9.89 Å². The molecular weight excluding hydrogens is 296 g/mol. The van der Waals surface area contributed by atoms with Gasteiger partial charge in [0.1, 0.15) is 5.75 Å². The fourth-order valence-electron chi connectivity index (χ4n) is 1.81. The highest BCUT2D eigenvalue weighted by molar-refractivity contribution is 9.10. The molecule has 4 heteroatoms. The molecule has 0 N–H and O–H groups in total. The van der Waals surface area contributed by atoms with Gasteiger partial charge in [0.2, 0.25) is 0 Å². The summed E-state index contributed by atoms with van der Waals surface area (Å²) in [6.07, 6.45) is 0.841. The van der Waals surface area contributed by atoms with Gasteiger partial charge in [-0.15, -0.1) is 0 Å². The number of halogens is 1. The van der Waals surface area contributed by atoms with Gasteiger partial charge in [-0.3, -0.25) is 0 Å². The van der Waals surface area contributed by atoms with Gasteiger partial charge < -0.3 is 14.2 Å². The zero-order valence-corrected chi connectivity index (χ0v) is 12.4. The van der Waals surface area contributed by atoms with Crippen LogP contribution in [-0.4, -0.2) is 26.1 Å². The van der Waals surface area contributed by atoms with Crippen LogP contribution in [0.15, 0.2) is 28.7 Å². The van der Waals surface area contributed by atoms with Gasteiger partial charge in [0.25, 0.3) is 0 Å². The Labute approximate surface area is 117 Å². The second-order valence-corrected chi connectivity index (χ2v) is 5.71. The van der Waals surface area contributed by atoms with Crippen molar-refractivity contribution in [2.75, 3.05) is 19.8 Å². The van der Waals surface area contributed by atoms with Gasteiger partial charge in [-0.1, -0.05) is 22.9 Å². The summed E-state index contributed by atoms with van der Waals surface area (Å²) in [4.78, 5) is 0. The third-order valence-electron chi connectivity index (χ3n) is 3.31. The number of hydrogen-bond donors (Lipinski definition) is 0. The van der Waals surface area contributed by atoms with E-state index in [1.54, 1.807) is 0 Å². The molecule has 1 fully saturated rings. The van der Waals surface area contributed by atoms with E-state index >= 15 is 0 Å². The van der Waals surface area contributed by atoms with Crippen molar-refractivity contribution in [3.8, 4) is 5.75 Å². The van der Waals surface area contributed by atoms with Crippen molar-refractivity contribution in [3.05, 3.63) is 28.7 Å². The van der Waals surface area contributed by atoms with Gasteiger partial charge in [0.15, 0.2) is 6.29 Å². The van der Waals surface area contributed by atoms with Crippen LogP contribution in [0.25, 0.3) is 0 Å². The Morgan fingerprint density at radius 2 is 2.00 bits per heavy atom. The summed E-state index contributed by atoms with van der Waals surface area (Å²) in [5, 5.41) is 0. The maximum Gasteiger partial charge on any atom is 0.197 e. The highest BCUT2D eigenvalue weighted by Gasteiger charge is 2.37. The molecule has 1 aromatic carbocycles. The maximum absolute atomic E-state index is 5.76. The molecule has 1 saturated heterocycles. The fourth-order valence-corrected chi connectivity index (χ4v) is 2.08. The summed E-state index contributed by atoms with van der Waals surface area (Å²) in [5.41, 5.74) is 0.206. The topological polar surface area (TPSA) is 27.7 Å². The minimum atomic E-state index is -0.241. The number of ether oxygens (including phenoxy) is 3. The number of rotatable bonds is 6. The predicted octanol–water partition coefficient (Wildman–Crippen LogP) is 3.62. The summed E-state index contributed by atoms with van der Waals surface area (Å²) in [5.74, 6) is 0.820. The van der Waals surface area contributed by atoms with Gasteiger partial charge in [-0.05, 0) is 37.6 Å². The molecular formula is C14H19BrO3. The van der Waals surface area contributed by atoms with Gasteiger partial charge in [-0.2, -0.15) is 0 Å². The second-order valence-electron chi connectivity index (χ2n) is 4.80. The Morgan fingerprint density at radius 3 is 2.50 bits per heavy atom. The van der Waals surface area contributed by atoms with E-state index in [-0.39, 0.29) is 11.7 Å². The molecule has 1 unspecified atom stereocenters. The zero-order chi connectivity index (χ0) is 13.0. The van der Waals surface area contributed by atoms with Gasteiger partial charge in [0.05, 0.1) is 19.8 Å². The summed E-state index contributed by atoms with van der Waals surface area (Å²) in [6, 6.07) is 7.75. The van der Waals surface area contributed by atoms with Crippen molar-refractivity contribution in [2.45, 2.75) is 26.6 Å². The number of benzene rings is 1. The van der Waals surface area contributed by atoms with E-state index < -0.39 is 0 Å². The zero-order valence-electron chi connectivity index (χ0n) is 10.8. The van der Waals surface area contributed by atoms with Crippen LogP contribution in [0, 0.1) is 5.41 Å². The third kappa shape index (κ3) is 3.46. The van der Waals surface area contributed by atoms with Crippen LogP contribution >= 0.6 is 15.9 Å². The quantitative estimate of drug-likeness (QED) is 0.751. The van der Waals surface area contributed by atoms with E-state index in [0.29, 0.717) is 6.61 Å². The van der Waals surface area contributed by atoms with Crippen molar-refractivity contribution in [3.63, 3.8) is 0 Å². The highest BCUT2D eigenvalue weighted by atomic mass is 79.9. The molecule has 18 heavy (non-hydrogen) atoms. The van der Waals surface area contributed by atoms with Crippen LogP contribution in [0.1, 0.15) is 20.3 Å². The average molecular weight is 315 g/mol. The van der Waals surface area contributed by atoms with E-state index in [1.165, 1.54) is 0 Å². The average Bonchev–Trinajstić information content (AvgIpc) is 2.31. The van der Waals surface area contributed by atoms with Crippen molar-refractivity contribution < 1.29 is 14.2 Å². The van der Waals surface area contributed by atoms with Crippen LogP contribution in [0.5, 0.6) is 5.75 Å². The molecule has 0 radical (unpaired) electrons. The minimum absolute atomic E-state index is 0.206. The molecule has 0 amide bonds. The van der Waals surface area contributed by atoms with Crippen molar-refractivity contribution in [2.24, 2.45) is 5.41 Å². The first-order chi connectivity index (χ1) is 8.63. The molecule has 1 aliphatic heterocycles. The first-order valence-electron chi connectivity index (χ1n) is 6.25. The third-order valence-corrected chi connectivity index (χ3v) is 3.84. The summed E-state index contributed by atoms with van der Waals surface area (Å²) in [7, 11) is 0. The van der Waals surface area contributed by atoms with E-state index in [2.05, 4.69) is 22.9 Å². The molecule has 1 aromatic rings. The van der Waals surface area contributed by atoms with Gasteiger partial charge >= 0.3 is 0 Å². The van der Waals surface area contributed by atoms with Crippen LogP contribution < -0.4 is 4.74 Å². The van der Waals surface area contributed by atoms with Gasteiger partial charge in [-0.25, -0.2) is 0 Å². The predicted molar refractivity (Wildman–Crippen MR) is 73.7 cm³/mol. The summed E-state index contributed by atoms with van der Waals surface area (Å²) in [6.45, 7) is 6.39. The normalized spacial score (nSPS) is 19.1. The molecule has 0 saturated carbocycles. The molecule has 0 aliphatic carbocycles. The smallest absolute Gasteiger partial charge is 0.197 e. The molecule has 0 aromatic heterocycles. The lowest BCUT2D eigenvalue weighted by atomic mass is 9.84. The minimum Gasteiger partial charge on any atom is -0.465 e. The SMILES string of the molecule is CCC1(COC(C)Oc2ccc(Br)cc2)COC1. The fraction of sp³-hybridized carbons (Fsp3) is 0.571. The monoisotopic (exact) mass is 314 g/mol. The molecule has 3 nitrogen and oxygen atoms in total. The lowest BCUT2D eigenvalue weighted by Gasteiger charge is -2.40. The Bertz CT molecular complexity index is 368. The van der Waals surface area contributed by atoms with Crippen molar-refractivity contribution in [1.29, 1.82) is 0 Å². The van der Waals surface area contributed by atoms with Crippen LogP contribution in [0.4, 0.5) is 0 Å². The van der Waals surface area contributed by atoms with Crippen LogP contribution in [0.2, 0.25) is 0 Å². The summed E-state index contributed by atoms with van der Waals surface area (Å²) < 4.78 is 17.8. The van der Waals surface area contributed by atoms with E-state index in [4.69, 9.17) is 14.2 Å². The Kier molecular flexibility index (Phi) is 4.65. The Morgan fingerprint density at radius 1 is 1.33 bits per heavy atom. The lowest BCUT2D eigenvalue weighted by Crippen LogP contribution is -2.46. The molecule has 1 aliphatic rings. The second kappa shape index (κ2) is 6.04. The molecule has 1 heterocycles. The van der Waals surface area contributed by atoms with E-state index in [9.17, 15) is 0 Å². The molecule has 100 valence electrons. The molecule has 0 spiro atoms. The standard InChI is InChI=1S/C14H19BrO3/c1-3-14(8-16-9-14)10-17-11(2)18-13-6-4-12(15)5-7-13/h4-7,11H,3,8-10H2,1-2H3. The largest absolute Gasteiger partial charge is 0.465 e. The van der Waals surface area contributed by atoms with Crippen LogP contribution in [-0.2, 0) is 9.47 Å². The Balaban J connectivity index is 1.78.